The summed E-state index contributed by atoms with van der Waals surface area (Å²) in [6, 6.07) is 0. The average Bonchev–Trinajstić information content (AvgIpc) is 2.39. The minimum absolute atomic E-state index is 0.171. The molecule has 0 bridgehead atoms. The largest absolute Gasteiger partial charge is 0.481 e. The molecule has 0 radical (unpaired) electrons. The summed E-state index contributed by atoms with van der Waals surface area (Å²) in [5.41, 5.74) is 0. The molecule has 0 rings (SSSR count). The molecule has 0 saturated heterocycles. The van der Waals surface area contributed by atoms with Gasteiger partial charge in [0.15, 0.2) is 0 Å². The first-order valence-corrected chi connectivity index (χ1v) is 8.02. The maximum absolute atomic E-state index is 10.6. The Balaban J connectivity index is 3.07. The molecule has 0 aromatic carbocycles. The van der Waals surface area contributed by atoms with Crippen LogP contribution in [0, 0.1) is 5.92 Å². The van der Waals surface area contributed by atoms with Crippen molar-refractivity contribution >= 4 is 5.97 Å². The third-order valence-corrected chi connectivity index (χ3v) is 3.72. The second-order valence-corrected chi connectivity index (χ2v) is 5.64. The van der Waals surface area contributed by atoms with Crippen LogP contribution in [0.15, 0.2) is 12.7 Å². The number of allylic oxidation sites excluding steroid dienone is 1. The third kappa shape index (κ3) is 13.4. The van der Waals surface area contributed by atoms with Crippen LogP contribution in [0.3, 0.4) is 0 Å². The Kier molecular flexibility index (Phi) is 13.1. The number of aliphatic carboxylic acids is 1. The summed E-state index contributed by atoms with van der Waals surface area (Å²) >= 11 is 0. The molecule has 2 nitrogen and oxygen atoms in total. The van der Waals surface area contributed by atoms with Crippen LogP contribution in [0.25, 0.3) is 0 Å². The van der Waals surface area contributed by atoms with Crippen LogP contribution in [-0.4, -0.2) is 11.1 Å². The fourth-order valence-electron chi connectivity index (χ4n) is 2.28. The third-order valence-electron chi connectivity index (χ3n) is 3.72. The van der Waals surface area contributed by atoms with E-state index in [1.54, 1.807) is 6.92 Å². The number of carbonyl (C=O) groups is 1. The molecule has 0 aliphatic heterocycles. The van der Waals surface area contributed by atoms with Crippen molar-refractivity contribution in [2.75, 3.05) is 0 Å². The number of unbranched alkanes of at least 4 members (excludes halogenated alkanes) is 10. The lowest BCUT2D eigenvalue weighted by molar-refractivity contribution is -0.141. The van der Waals surface area contributed by atoms with Gasteiger partial charge in [-0.05, 0) is 19.3 Å². The van der Waals surface area contributed by atoms with Gasteiger partial charge in [0.05, 0.1) is 5.92 Å². The Morgan fingerprint density at radius 1 is 0.947 bits per heavy atom. The first-order chi connectivity index (χ1) is 9.18. The zero-order chi connectivity index (χ0) is 14.3. The summed E-state index contributed by atoms with van der Waals surface area (Å²) in [5.74, 6) is -0.827. The van der Waals surface area contributed by atoms with Gasteiger partial charge in [-0.25, -0.2) is 0 Å². The Bertz CT molecular complexity index is 223. The van der Waals surface area contributed by atoms with Crippen molar-refractivity contribution < 1.29 is 9.90 Å². The molecular formula is C17H32O2. The van der Waals surface area contributed by atoms with Gasteiger partial charge in [-0.15, -0.1) is 6.58 Å². The molecule has 0 aliphatic carbocycles. The van der Waals surface area contributed by atoms with E-state index in [4.69, 9.17) is 5.11 Å². The molecule has 19 heavy (non-hydrogen) atoms. The van der Waals surface area contributed by atoms with Crippen molar-refractivity contribution in [1.82, 2.24) is 0 Å². The van der Waals surface area contributed by atoms with Crippen LogP contribution in [-0.2, 0) is 4.79 Å². The number of rotatable bonds is 14. The first kappa shape index (κ1) is 18.2. The van der Waals surface area contributed by atoms with E-state index < -0.39 is 5.97 Å². The molecule has 0 aromatic rings. The Labute approximate surface area is 119 Å². The summed E-state index contributed by atoms with van der Waals surface area (Å²) in [5, 5.41) is 8.75. The summed E-state index contributed by atoms with van der Waals surface area (Å²) in [7, 11) is 0. The Morgan fingerprint density at radius 2 is 1.37 bits per heavy atom. The molecule has 1 unspecified atom stereocenters. The molecule has 1 atom stereocenters. The number of hydrogen-bond donors (Lipinski definition) is 1. The van der Waals surface area contributed by atoms with Crippen molar-refractivity contribution in [3.63, 3.8) is 0 Å². The van der Waals surface area contributed by atoms with Crippen LogP contribution in [0.1, 0.15) is 84.0 Å². The highest BCUT2D eigenvalue weighted by Crippen LogP contribution is 2.14. The van der Waals surface area contributed by atoms with Crippen molar-refractivity contribution in [3.8, 4) is 0 Å². The molecular weight excluding hydrogens is 236 g/mol. The van der Waals surface area contributed by atoms with E-state index in [1.165, 1.54) is 57.8 Å². The van der Waals surface area contributed by atoms with Gasteiger partial charge in [-0.2, -0.15) is 0 Å². The van der Waals surface area contributed by atoms with Crippen molar-refractivity contribution in [3.05, 3.63) is 12.7 Å². The maximum atomic E-state index is 10.6. The van der Waals surface area contributed by atoms with Crippen molar-refractivity contribution in [2.24, 2.45) is 5.92 Å². The highest BCUT2D eigenvalue weighted by Gasteiger charge is 2.09. The summed E-state index contributed by atoms with van der Waals surface area (Å²) in [6.07, 6.45) is 16.9. The lowest BCUT2D eigenvalue weighted by Gasteiger charge is -2.05. The number of hydrogen-bond acceptors (Lipinski definition) is 1. The van der Waals surface area contributed by atoms with Crippen LogP contribution < -0.4 is 0 Å². The predicted molar refractivity (Wildman–Crippen MR) is 82.4 cm³/mol. The average molecular weight is 268 g/mol. The van der Waals surface area contributed by atoms with Crippen molar-refractivity contribution in [2.45, 2.75) is 84.0 Å². The lowest BCUT2D eigenvalue weighted by atomic mass is 10.0. The first-order valence-electron chi connectivity index (χ1n) is 8.02. The van der Waals surface area contributed by atoms with E-state index in [1.807, 2.05) is 6.08 Å². The molecule has 0 spiro atoms. The minimum Gasteiger partial charge on any atom is -0.481 e. The topological polar surface area (TPSA) is 37.3 Å². The Hall–Kier alpha value is -0.790. The molecule has 0 saturated carbocycles. The lowest BCUT2D eigenvalue weighted by Crippen LogP contribution is -2.08. The number of carboxylic acids is 1. The van der Waals surface area contributed by atoms with E-state index in [0.29, 0.717) is 0 Å². The highest BCUT2D eigenvalue weighted by atomic mass is 16.4. The standard InChI is InChI=1S/C17H32O2/c1-3-4-5-6-7-8-9-10-11-12-13-14-15-16(2)17(18)19/h3,16H,1,4-15H2,2H3,(H,18,19). The molecule has 0 fully saturated rings. The van der Waals surface area contributed by atoms with E-state index in [0.717, 1.165) is 19.3 Å². The van der Waals surface area contributed by atoms with Crippen LogP contribution in [0.4, 0.5) is 0 Å². The zero-order valence-electron chi connectivity index (χ0n) is 12.7. The maximum Gasteiger partial charge on any atom is 0.306 e. The van der Waals surface area contributed by atoms with E-state index in [9.17, 15) is 4.79 Å². The molecule has 0 amide bonds. The van der Waals surface area contributed by atoms with Crippen molar-refractivity contribution in [1.29, 1.82) is 0 Å². The monoisotopic (exact) mass is 268 g/mol. The molecule has 112 valence electrons. The van der Waals surface area contributed by atoms with Gasteiger partial charge in [0.1, 0.15) is 0 Å². The van der Waals surface area contributed by atoms with Gasteiger partial charge in [0.25, 0.3) is 0 Å². The SMILES string of the molecule is C=CCCCCCCCCCCCCC(C)C(=O)O. The van der Waals surface area contributed by atoms with Gasteiger partial charge in [0, 0.05) is 0 Å². The van der Waals surface area contributed by atoms with E-state index in [-0.39, 0.29) is 5.92 Å². The molecule has 1 N–H and O–H groups in total. The van der Waals surface area contributed by atoms with Gasteiger partial charge in [0.2, 0.25) is 0 Å². The van der Waals surface area contributed by atoms with Gasteiger partial charge >= 0.3 is 5.97 Å². The normalized spacial score (nSPS) is 12.3. The fraction of sp³-hybridized carbons (Fsp3) is 0.824. The Morgan fingerprint density at radius 3 is 1.79 bits per heavy atom. The van der Waals surface area contributed by atoms with Gasteiger partial charge in [-0.1, -0.05) is 70.8 Å². The minimum atomic E-state index is -0.656. The number of carboxylic acid groups (broad SMARTS) is 1. The molecule has 0 aromatic heterocycles. The second-order valence-electron chi connectivity index (χ2n) is 5.64. The predicted octanol–water partition coefficient (Wildman–Crippen LogP) is 5.57. The fourth-order valence-corrected chi connectivity index (χ4v) is 2.28. The van der Waals surface area contributed by atoms with Crippen LogP contribution >= 0.6 is 0 Å². The zero-order valence-corrected chi connectivity index (χ0v) is 12.7. The molecule has 2 heteroatoms. The highest BCUT2D eigenvalue weighted by molar-refractivity contribution is 5.69. The van der Waals surface area contributed by atoms with Crippen LogP contribution in [0.5, 0.6) is 0 Å². The summed E-state index contributed by atoms with van der Waals surface area (Å²) in [6.45, 7) is 5.53. The smallest absolute Gasteiger partial charge is 0.306 e. The second kappa shape index (κ2) is 13.6. The van der Waals surface area contributed by atoms with Gasteiger partial charge < -0.3 is 5.11 Å². The van der Waals surface area contributed by atoms with Crippen LogP contribution in [0.2, 0.25) is 0 Å². The van der Waals surface area contributed by atoms with Gasteiger partial charge in [-0.3, -0.25) is 4.79 Å². The molecule has 0 aliphatic rings. The quantitative estimate of drug-likeness (QED) is 0.330. The van der Waals surface area contributed by atoms with E-state index in [2.05, 4.69) is 6.58 Å². The van der Waals surface area contributed by atoms with E-state index >= 15 is 0 Å². The molecule has 0 heterocycles. The summed E-state index contributed by atoms with van der Waals surface area (Å²) < 4.78 is 0. The summed E-state index contributed by atoms with van der Waals surface area (Å²) in [4.78, 5) is 10.6.